The third-order valence-corrected chi connectivity index (χ3v) is 4.57. The highest BCUT2D eigenvalue weighted by atomic mass is 16.4. The zero-order valence-electron chi connectivity index (χ0n) is 12.0. The van der Waals surface area contributed by atoms with Gasteiger partial charge < -0.3 is 15.3 Å². The van der Waals surface area contributed by atoms with Crippen LogP contribution in [-0.4, -0.2) is 39.6 Å². The number of urea groups is 1. The molecule has 112 valence electrons. The number of aryl methyl sites for hydroxylation is 1. The molecule has 0 spiro atoms. The van der Waals surface area contributed by atoms with E-state index in [0.717, 1.165) is 25.0 Å². The summed E-state index contributed by atoms with van der Waals surface area (Å²) < 4.78 is 0. The Bertz CT molecular complexity index is 558. The number of aliphatic carboxylic acids is 1. The lowest BCUT2D eigenvalue weighted by atomic mass is 9.94. The third-order valence-electron chi connectivity index (χ3n) is 4.57. The van der Waals surface area contributed by atoms with Crippen molar-refractivity contribution in [3.05, 3.63) is 24.0 Å². The lowest BCUT2D eigenvalue weighted by Crippen LogP contribution is -2.45. The van der Waals surface area contributed by atoms with Crippen LogP contribution < -0.4 is 5.32 Å². The first-order valence-electron chi connectivity index (χ1n) is 7.29. The second-order valence-corrected chi connectivity index (χ2v) is 5.91. The minimum Gasteiger partial charge on any atom is -0.480 e. The molecule has 21 heavy (non-hydrogen) atoms. The summed E-state index contributed by atoms with van der Waals surface area (Å²) in [7, 11) is 0. The number of carboxylic acids is 1. The van der Waals surface area contributed by atoms with E-state index in [1.54, 1.807) is 12.3 Å². The molecule has 3 unspecified atom stereocenters. The molecule has 2 heterocycles. The maximum Gasteiger partial charge on any atom is 0.326 e. The Balaban J connectivity index is 1.74. The smallest absolute Gasteiger partial charge is 0.326 e. The number of nitrogens with zero attached hydrogens (tertiary/aromatic N) is 2. The Hall–Kier alpha value is -2.11. The monoisotopic (exact) mass is 289 g/mol. The molecule has 6 nitrogen and oxygen atoms in total. The normalized spacial score (nSPS) is 27.5. The molecule has 0 aromatic carbocycles. The molecule has 2 fully saturated rings. The van der Waals surface area contributed by atoms with Crippen molar-refractivity contribution in [2.45, 2.75) is 32.2 Å². The topological polar surface area (TPSA) is 82.5 Å². The number of nitrogens with one attached hydrogen (secondary N) is 1. The molecule has 1 aromatic rings. The number of hydrogen-bond acceptors (Lipinski definition) is 3. The van der Waals surface area contributed by atoms with Gasteiger partial charge >= 0.3 is 12.0 Å². The highest BCUT2D eigenvalue weighted by Gasteiger charge is 2.49. The Kier molecular flexibility index (Phi) is 3.53. The van der Waals surface area contributed by atoms with Gasteiger partial charge in [0.05, 0.1) is 11.9 Å². The van der Waals surface area contributed by atoms with Gasteiger partial charge in [0.2, 0.25) is 0 Å². The van der Waals surface area contributed by atoms with Gasteiger partial charge in [0.15, 0.2) is 0 Å². The Morgan fingerprint density at radius 1 is 1.38 bits per heavy atom. The van der Waals surface area contributed by atoms with Gasteiger partial charge in [-0.15, -0.1) is 0 Å². The van der Waals surface area contributed by atoms with Crippen molar-refractivity contribution in [2.75, 3.05) is 11.9 Å². The number of pyridine rings is 1. The second kappa shape index (κ2) is 5.35. The van der Waals surface area contributed by atoms with Gasteiger partial charge in [0.1, 0.15) is 6.04 Å². The van der Waals surface area contributed by atoms with Crippen LogP contribution in [-0.2, 0) is 4.79 Å². The van der Waals surface area contributed by atoms with Crippen LogP contribution in [0.2, 0.25) is 0 Å². The van der Waals surface area contributed by atoms with Gasteiger partial charge in [0.25, 0.3) is 0 Å². The number of carboxylic acid groups (broad SMARTS) is 1. The van der Waals surface area contributed by atoms with Crippen molar-refractivity contribution in [3.8, 4) is 0 Å². The number of anilines is 1. The summed E-state index contributed by atoms with van der Waals surface area (Å²) in [6, 6.07) is 2.54. The lowest BCUT2D eigenvalue weighted by molar-refractivity contribution is -0.142. The maximum atomic E-state index is 12.4. The van der Waals surface area contributed by atoms with Crippen LogP contribution >= 0.6 is 0 Å². The van der Waals surface area contributed by atoms with E-state index in [1.807, 2.05) is 13.0 Å². The summed E-state index contributed by atoms with van der Waals surface area (Å²) in [5, 5.41) is 12.2. The fourth-order valence-corrected chi connectivity index (χ4v) is 3.57. The van der Waals surface area contributed by atoms with Gasteiger partial charge in [0, 0.05) is 12.2 Å². The summed E-state index contributed by atoms with van der Waals surface area (Å²) in [6.07, 6.45) is 4.57. The standard InChI is InChI=1S/C15H19N3O3/c1-9-5-6-11(7-16-9)17-15(21)18-8-10-3-2-4-12(10)13(18)14(19)20/h5-7,10,12-13H,2-4,8H2,1H3,(H,17,21)(H,19,20). The van der Waals surface area contributed by atoms with E-state index < -0.39 is 12.0 Å². The van der Waals surface area contributed by atoms with Crippen molar-refractivity contribution in [1.29, 1.82) is 0 Å². The van der Waals surface area contributed by atoms with E-state index in [0.29, 0.717) is 18.2 Å². The van der Waals surface area contributed by atoms with Crippen LogP contribution in [0.5, 0.6) is 0 Å². The highest BCUT2D eigenvalue weighted by Crippen LogP contribution is 2.42. The summed E-state index contributed by atoms with van der Waals surface area (Å²) in [5.74, 6) is -0.473. The van der Waals surface area contributed by atoms with Crippen LogP contribution in [0.1, 0.15) is 25.0 Å². The number of hydrogen-bond donors (Lipinski definition) is 2. The van der Waals surface area contributed by atoms with E-state index in [4.69, 9.17) is 0 Å². The van der Waals surface area contributed by atoms with Gasteiger partial charge in [-0.1, -0.05) is 6.42 Å². The first-order valence-corrected chi connectivity index (χ1v) is 7.29. The minimum absolute atomic E-state index is 0.101. The average Bonchev–Trinajstić information content (AvgIpc) is 3.00. The predicted octanol–water partition coefficient (Wildman–Crippen LogP) is 2.11. The van der Waals surface area contributed by atoms with Crippen LogP contribution in [0.3, 0.4) is 0 Å². The Labute approximate surface area is 123 Å². The molecule has 3 rings (SSSR count). The number of rotatable bonds is 2. The lowest BCUT2D eigenvalue weighted by Gasteiger charge is -2.24. The van der Waals surface area contributed by atoms with E-state index in [1.165, 1.54) is 4.90 Å². The van der Waals surface area contributed by atoms with E-state index in [2.05, 4.69) is 10.3 Å². The van der Waals surface area contributed by atoms with E-state index in [-0.39, 0.29) is 11.9 Å². The van der Waals surface area contributed by atoms with Crippen molar-refractivity contribution in [1.82, 2.24) is 9.88 Å². The molecule has 1 aliphatic carbocycles. The Morgan fingerprint density at radius 3 is 2.86 bits per heavy atom. The molecular weight excluding hydrogens is 270 g/mol. The SMILES string of the molecule is Cc1ccc(NC(=O)N2CC3CCCC3C2C(=O)O)cn1. The maximum absolute atomic E-state index is 12.4. The molecular formula is C15H19N3O3. The van der Waals surface area contributed by atoms with Crippen molar-refractivity contribution >= 4 is 17.7 Å². The number of fused-ring (bicyclic) bond motifs is 1. The fourth-order valence-electron chi connectivity index (χ4n) is 3.57. The molecule has 3 atom stereocenters. The van der Waals surface area contributed by atoms with Crippen molar-refractivity contribution < 1.29 is 14.7 Å². The van der Waals surface area contributed by atoms with Crippen molar-refractivity contribution in [3.63, 3.8) is 0 Å². The first-order chi connectivity index (χ1) is 10.1. The summed E-state index contributed by atoms with van der Waals surface area (Å²) in [4.78, 5) is 29.5. The average molecular weight is 289 g/mol. The quantitative estimate of drug-likeness (QED) is 0.873. The molecule has 2 N–H and O–H groups in total. The van der Waals surface area contributed by atoms with Gasteiger partial charge in [-0.25, -0.2) is 9.59 Å². The number of carbonyl (C=O) groups excluding carboxylic acids is 1. The van der Waals surface area contributed by atoms with Crippen LogP contribution in [0, 0.1) is 18.8 Å². The largest absolute Gasteiger partial charge is 0.480 e. The van der Waals surface area contributed by atoms with Gasteiger partial charge in [-0.3, -0.25) is 4.98 Å². The number of carbonyl (C=O) groups is 2. The van der Waals surface area contributed by atoms with Gasteiger partial charge in [-0.05, 0) is 43.7 Å². The van der Waals surface area contributed by atoms with Crippen LogP contribution in [0.4, 0.5) is 10.5 Å². The molecule has 0 bridgehead atoms. The molecule has 2 aliphatic rings. The fraction of sp³-hybridized carbons (Fsp3) is 0.533. The van der Waals surface area contributed by atoms with Crippen LogP contribution in [0.15, 0.2) is 18.3 Å². The minimum atomic E-state index is -0.901. The molecule has 0 radical (unpaired) electrons. The summed E-state index contributed by atoms with van der Waals surface area (Å²) in [5.41, 5.74) is 1.46. The summed E-state index contributed by atoms with van der Waals surface area (Å²) >= 11 is 0. The zero-order valence-corrected chi connectivity index (χ0v) is 12.0. The zero-order chi connectivity index (χ0) is 15.0. The molecule has 1 saturated heterocycles. The Morgan fingerprint density at radius 2 is 2.19 bits per heavy atom. The molecule has 1 aromatic heterocycles. The third kappa shape index (κ3) is 2.57. The van der Waals surface area contributed by atoms with E-state index >= 15 is 0 Å². The highest BCUT2D eigenvalue weighted by molar-refractivity contribution is 5.92. The molecule has 1 aliphatic heterocycles. The first kappa shape index (κ1) is 13.9. The molecule has 2 amide bonds. The van der Waals surface area contributed by atoms with Gasteiger partial charge in [-0.2, -0.15) is 0 Å². The second-order valence-electron chi connectivity index (χ2n) is 5.91. The van der Waals surface area contributed by atoms with E-state index in [9.17, 15) is 14.7 Å². The number of likely N-dealkylation sites (tertiary alicyclic amines) is 1. The molecule has 1 saturated carbocycles. The number of amides is 2. The van der Waals surface area contributed by atoms with Crippen molar-refractivity contribution in [2.24, 2.45) is 11.8 Å². The number of aromatic nitrogens is 1. The van der Waals surface area contributed by atoms with Crippen LogP contribution in [0.25, 0.3) is 0 Å². The molecule has 6 heteroatoms. The summed E-state index contributed by atoms with van der Waals surface area (Å²) in [6.45, 7) is 2.40. The predicted molar refractivity (Wildman–Crippen MR) is 77.0 cm³/mol.